The number of likely N-dealkylation sites (tertiary alicyclic amines) is 1. The highest BCUT2D eigenvalue weighted by molar-refractivity contribution is 6.03. The number of nitrogens with zero attached hydrogens (tertiary/aromatic N) is 3. The first-order valence-corrected chi connectivity index (χ1v) is 12.8. The zero-order valence-electron chi connectivity index (χ0n) is 20.8. The molecule has 9 heteroatoms. The molecule has 4 rings (SSSR count). The third-order valence-corrected chi connectivity index (χ3v) is 6.94. The molecule has 0 spiro atoms. The van der Waals surface area contributed by atoms with E-state index in [9.17, 15) is 9.59 Å². The second-order valence-electron chi connectivity index (χ2n) is 9.43. The van der Waals surface area contributed by atoms with E-state index in [1.807, 2.05) is 11.0 Å². The highest BCUT2D eigenvalue weighted by atomic mass is 16.3. The van der Waals surface area contributed by atoms with E-state index >= 15 is 0 Å². The molecule has 36 heavy (non-hydrogen) atoms. The number of aliphatic hydroxyl groups excluding tert-OH is 1. The van der Waals surface area contributed by atoms with Crippen LogP contribution in [0.5, 0.6) is 0 Å². The van der Waals surface area contributed by atoms with Crippen molar-refractivity contribution >= 4 is 29.8 Å². The van der Waals surface area contributed by atoms with Crippen LogP contribution in [0, 0.1) is 0 Å². The largest absolute Gasteiger partial charge is 0.395 e. The number of amides is 2. The molecule has 2 aromatic rings. The molecule has 0 unspecified atom stereocenters. The Kier molecular flexibility index (Phi) is 9.02. The molecule has 0 bridgehead atoms. The van der Waals surface area contributed by atoms with Crippen molar-refractivity contribution in [1.29, 1.82) is 0 Å². The minimum absolute atomic E-state index is 0.0277. The molecule has 2 amide bonds. The number of hydrogen-bond acceptors (Lipinski definition) is 6. The summed E-state index contributed by atoms with van der Waals surface area (Å²) in [6, 6.07) is 6.33. The van der Waals surface area contributed by atoms with Crippen LogP contribution in [-0.4, -0.2) is 71.3 Å². The van der Waals surface area contributed by atoms with Crippen LogP contribution in [0.4, 0.5) is 5.69 Å². The van der Waals surface area contributed by atoms with E-state index < -0.39 is 0 Å². The van der Waals surface area contributed by atoms with E-state index in [4.69, 9.17) is 5.11 Å². The topological polar surface area (TPSA) is 123 Å². The monoisotopic (exact) mass is 492 g/mol. The fraction of sp³-hybridized carbons (Fsp3) is 0.481. The summed E-state index contributed by atoms with van der Waals surface area (Å²) in [6.45, 7) is 6.03. The summed E-state index contributed by atoms with van der Waals surface area (Å²) in [5, 5.41) is 14.9. The summed E-state index contributed by atoms with van der Waals surface area (Å²) in [7, 11) is 0. The first-order valence-electron chi connectivity index (χ1n) is 12.8. The maximum atomic E-state index is 12.9. The van der Waals surface area contributed by atoms with Crippen molar-refractivity contribution in [3.05, 3.63) is 53.1 Å². The lowest BCUT2D eigenvalue weighted by molar-refractivity contribution is -0.131. The molecule has 1 fully saturated rings. The van der Waals surface area contributed by atoms with Crippen molar-refractivity contribution in [2.24, 2.45) is 4.99 Å². The Labute approximate surface area is 212 Å². The second-order valence-corrected chi connectivity index (χ2v) is 9.43. The number of aliphatic hydroxyl groups is 1. The summed E-state index contributed by atoms with van der Waals surface area (Å²) in [6.07, 6.45) is 10.1. The molecule has 1 aromatic heterocycles. The molecule has 1 aliphatic carbocycles. The van der Waals surface area contributed by atoms with Gasteiger partial charge < -0.3 is 25.6 Å². The molecule has 1 aliphatic heterocycles. The number of rotatable bonds is 10. The van der Waals surface area contributed by atoms with Gasteiger partial charge in [-0.3, -0.25) is 14.6 Å². The van der Waals surface area contributed by atoms with Crippen molar-refractivity contribution in [2.45, 2.75) is 51.0 Å². The summed E-state index contributed by atoms with van der Waals surface area (Å²) < 4.78 is 0. The quantitative estimate of drug-likeness (QED) is 0.300. The van der Waals surface area contributed by atoms with Gasteiger partial charge in [0.05, 0.1) is 31.6 Å². The summed E-state index contributed by atoms with van der Waals surface area (Å²) in [5.74, 6) is 0.424. The third kappa shape index (κ3) is 6.47. The molecule has 4 N–H and O–H groups in total. The van der Waals surface area contributed by atoms with Gasteiger partial charge in [-0.1, -0.05) is 12.1 Å². The summed E-state index contributed by atoms with van der Waals surface area (Å²) >= 11 is 0. The number of carbonyl (C=O) groups excluding carboxylic acids is 2. The van der Waals surface area contributed by atoms with Crippen LogP contribution in [0.15, 0.2) is 35.5 Å². The van der Waals surface area contributed by atoms with Crippen molar-refractivity contribution < 1.29 is 14.7 Å². The van der Waals surface area contributed by atoms with E-state index in [2.05, 4.69) is 50.5 Å². The minimum Gasteiger partial charge on any atom is -0.395 e. The van der Waals surface area contributed by atoms with E-state index in [1.165, 1.54) is 17.6 Å². The highest BCUT2D eigenvalue weighted by Crippen LogP contribution is 2.36. The number of carbonyl (C=O) groups is 2. The SMILES string of the molecule is C=NCc1cnc(C(=O)Nc2ccc(C3CCN(C(=O)CNCCO)CC3)cc2C2=CCCCC2)[nH]1. The van der Waals surface area contributed by atoms with E-state index in [0.717, 1.165) is 62.1 Å². The van der Waals surface area contributed by atoms with Crippen LogP contribution in [0.3, 0.4) is 0 Å². The molecule has 1 saturated heterocycles. The van der Waals surface area contributed by atoms with Gasteiger partial charge >= 0.3 is 0 Å². The number of aliphatic imine (C=N–C) groups is 1. The van der Waals surface area contributed by atoms with Gasteiger partial charge in [0.15, 0.2) is 5.82 Å². The molecule has 1 aromatic carbocycles. The average Bonchev–Trinajstić information content (AvgIpc) is 3.39. The van der Waals surface area contributed by atoms with Gasteiger partial charge in [0.25, 0.3) is 5.91 Å². The smallest absolute Gasteiger partial charge is 0.291 e. The van der Waals surface area contributed by atoms with Gasteiger partial charge in [0.2, 0.25) is 5.91 Å². The molecule has 192 valence electrons. The predicted molar refractivity (Wildman–Crippen MR) is 141 cm³/mol. The Hall–Kier alpha value is -3.30. The zero-order chi connectivity index (χ0) is 25.3. The van der Waals surface area contributed by atoms with Crippen LogP contribution in [0.1, 0.15) is 71.9 Å². The molecule has 2 heterocycles. The lowest BCUT2D eigenvalue weighted by Crippen LogP contribution is -2.43. The number of benzene rings is 1. The second kappa shape index (κ2) is 12.6. The minimum atomic E-state index is -0.280. The number of anilines is 1. The number of H-pyrrole nitrogens is 1. The molecular formula is C27H36N6O3. The number of nitrogens with one attached hydrogen (secondary N) is 3. The highest BCUT2D eigenvalue weighted by Gasteiger charge is 2.25. The number of aromatic amines is 1. The number of piperidine rings is 1. The van der Waals surface area contributed by atoms with Crippen molar-refractivity contribution in [3.63, 3.8) is 0 Å². The van der Waals surface area contributed by atoms with Crippen LogP contribution in [-0.2, 0) is 11.3 Å². The number of hydrogen-bond donors (Lipinski definition) is 4. The van der Waals surface area contributed by atoms with Gasteiger partial charge in [-0.2, -0.15) is 0 Å². The Balaban J connectivity index is 1.48. The van der Waals surface area contributed by atoms with Crippen LogP contribution >= 0.6 is 0 Å². The molecule has 0 atom stereocenters. The van der Waals surface area contributed by atoms with E-state index in [-0.39, 0.29) is 30.8 Å². The molecule has 0 saturated carbocycles. The standard InChI is InChI=1S/C27H36N6O3/c1-28-16-22-17-30-26(31-22)27(36)32-24-8-7-21(15-23(24)20-5-3-2-4-6-20)19-9-12-33(13-10-19)25(35)18-29-11-14-34/h5,7-8,15,17,19,29,34H,1-4,6,9-14,16,18H2,(H,30,31)(H,32,36). The predicted octanol–water partition coefficient (Wildman–Crippen LogP) is 3.11. The lowest BCUT2D eigenvalue weighted by atomic mass is 9.85. The van der Waals surface area contributed by atoms with Crippen LogP contribution in [0.25, 0.3) is 5.57 Å². The van der Waals surface area contributed by atoms with Crippen LogP contribution in [0.2, 0.25) is 0 Å². The normalized spacial score (nSPS) is 16.5. The number of allylic oxidation sites excluding steroid dienone is 2. The summed E-state index contributed by atoms with van der Waals surface area (Å²) in [4.78, 5) is 38.2. The Bertz CT molecular complexity index is 1100. The number of aromatic nitrogens is 2. The maximum absolute atomic E-state index is 12.9. The van der Waals surface area contributed by atoms with Crippen molar-refractivity contribution in [3.8, 4) is 0 Å². The molecule has 9 nitrogen and oxygen atoms in total. The van der Waals surface area contributed by atoms with Crippen LogP contribution < -0.4 is 10.6 Å². The van der Waals surface area contributed by atoms with Gasteiger partial charge in [0, 0.05) is 30.9 Å². The Morgan fingerprint density at radius 1 is 1.25 bits per heavy atom. The maximum Gasteiger partial charge on any atom is 0.291 e. The van der Waals surface area contributed by atoms with Gasteiger partial charge in [0.1, 0.15) is 0 Å². The zero-order valence-corrected chi connectivity index (χ0v) is 20.8. The van der Waals surface area contributed by atoms with Gasteiger partial charge in [-0.05, 0) is 74.4 Å². The Morgan fingerprint density at radius 3 is 2.81 bits per heavy atom. The lowest BCUT2D eigenvalue weighted by Gasteiger charge is -2.33. The fourth-order valence-corrected chi connectivity index (χ4v) is 4.98. The average molecular weight is 493 g/mol. The van der Waals surface area contributed by atoms with E-state index in [1.54, 1.807) is 6.20 Å². The van der Waals surface area contributed by atoms with Crippen molar-refractivity contribution in [2.75, 3.05) is 38.1 Å². The third-order valence-electron chi connectivity index (χ3n) is 6.94. The molecule has 2 aliphatic rings. The van der Waals surface area contributed by atoms with E-state index in [0.29, 0.717) is 19.0 Å². The molecule has 0 radical (unpaired) electrons. The molecular weight excluding hydrogens is 456 g/mol. The fourth-order valence-electron chi connectivity index (χ4n) is 4.98. The van der Waals surface area contributed by atoms with Gasteiger partial charge in [-0.25, -0.2) is 4.98 Å². The van der Waals surface area contributed by atoms with Gasteiger partial charge in [-0.15, -0.1) is 0 Å². The summed E-state index contributed by atoms with van der Waals surface area (Å²) in [5.41, 5.74) is 5.13. The van der Waals surface area contributed by atoms with Crippen molar-refractivity contribution in [1.82, 2.24) is 20.2 Å². The Morgan fingerprint density at radius 2 is 2.08 bits per heavy atom. The number of imidazole rings is 1. The first kappa shape index (κ1) is 25.8. The first-order chi connectivity index (χ1) is 17.6.